The van der Waals surface area contributed by atoms with Crippen LogP contribution in [-0.2, 0) is 21.4 Å². The number of rotatable bonds is 5. The van der Waals surface area contributed by atoms with Crippen molar-refractivity contribution in [3.8, 4) is 0 Å². The molecule has 0 aromatic heterocycles. The molecule has 0 amide bonds. The first-order valence-corrected chi connectivity index (χ1v) is 10.4. The molecular formula is C21H32NO2S+. The number of carbonyl (C=O) groups is 1. The molecule has 1 aliphatic heterocycles. The van der Waals surface area contributed by atoms with Crippen LogP contribution in [0.3, 0.4) is 0 Å². The van der Waals surface area contributed by atoms with E-state index in [4.69, 9.17) is 4.74 Å². The fourth-order valence-electron chi connectivity index (χ4n) is 3.04. The molecule has 1 aromatic carbocycles. The Morgan fingerprint density at radius 2 is 1.76 bits per heavy atom. The molecule has 0 aliphatic carbocycles. The lowest BCUT2D eigenvalue weighted by Gasteiger charge is -2.19. The summed E-state index contributed by atoms with van der Waals surface area (Å²) in [4.78, 5) is 11.8. The Hall–Kier alpha value is -1.29. The number of carbonyl (C=O) groups excluding carboxylic acids is 1. The van der Waals surface area contributed by atoms with Crippen molar-refractivity contribution in [1.29, 1.82) is 0 Å². The highest BCUT2D eigenvalue weighted by molar-refractivity contribution is 8.14. The summed E-state index contributed by atoms with van der Waals surface area (Å²) < 4.78 is 7.55. The summed E-state index contributed by atoms with van der Waals surface area (Å²) in [5.41, 5.74) is 2.84. The Labute approximate surface area is 156 Å². The first-order valence-electron chi connectivity index (χ1n) is 9.38. The zero-order valence-corrected chi connectivity index (χ0v) is 17.0. The van der Waals surface area contributed by atoms with Crippen LogP contribution in [0.15, 0.2) is 24.3 Å². The van der Waals surface area contributed by atoms with E-state index in [0.717, 1.165) is 19.5 Å². The van der Waals surface area contributed by atoms with Gasteiger partial charge in [-0.1, -0.05) is 56.8 Å². The van der Waals surface area contributed by atoms with Crippen molar-refractivity contribution in [2.45, 2.75) is 58.8 Å². The maximum Gasteiger partial charge on any atom is 0.316 e. The molecule has 2 rings (SSSR count). The molecule has 0 radical (unpaired) electrons. The van der Waals surface area contributed by atoms with E-state index in [1.54, 1.807) is 11.8 Å². The number of piperidine rings is 1. The van der Waals surface area contributed by atoms with Gasteiger partial charge in [0, 0.05) is 12.8 Å². The molecule has 1 aliphatic rings. The molecule has 1 aromatic rings. The van der Waals surface area contributed by atoms with E-state index in [9.17, 15) is 4.79 Å². The molecular weight excluding hydrogens is 330 g/mol. The lowest BCUT2D eigenvalue weighted by molar-refractivity contribution is -0.535. The number of hydrogen-bond donors (Lipinski definition) is 0. The van der Waals surface area contributed by atoms with Gasteiger partial charge in [-0.25, -0.2) is 4.58 Å². The normalized spacial score (nSPS) is 15.1. The zero-order chi connectivity index (χ0) is 18.3. The van der Waals surface area contributed by atoms with Crippen molar-refractivity contribution in [3.05, 3.63) is 35.4 Å². The molecule has 1 fully saturated rings. The van der Waals surface area contributed by atoms with Crippen LogP contribution in [0, 0.1) is 0 Å². The van der Waals surface area contributed by atoms with Crippen LogP contribution in [0.5, 0.6) is 0 Å². The van der Waals surface area contributed by atoms with E-state index in [-0.39, 0.29) is 11.4 Å². The number of nitrogens with zero attached hydrogens (tertiary/aromatic N) is 1. The minimum absolute atomic E-state index is 0.120. The van der Waals surface area contributed by atoms with Crippen molar-refractivity contribution in [2.24, 2.45) is 0 Å². The molecule has 0 spiro atoms. The number of thioether (sulfide) groups is 1. The monoisotopic (exact) mass is 362 g/mol. The zero-order valence-electron chi connectivity index (χ0n) is 16.1. The maximum atomic E-state index is 11.8. The minimum atomic E-state index is -0.120. The molecule has 4 heteroatoms. The van der Waals surface area contributed by atoms with Gasteiger partial charge in [-0.2, -0.15) is 0 Å². The van der Waals surface area contributed by atoms with E-state index in [1.165, 1.54) is 35.4 Å². The van der Waals surface area contributed by atoms with E-state index in [1.807, 2.05) is 6.92 Å². The van der Waals surface area contributed by atoms with E-state index in [0.29, 0.717) is 12.4 Å². The molecule has 0 saturated carbocycles. The van der Waals surface area contributed by atoms with Crippen molar-refractivity contribution < 1.29 is 14.1 Å². The van der Waals surface area contributed by atoms with Gasteiger partial charge < -0.3 is 4.74 Å². The Balaban J connectivity index is 2.11. The number of benzene rings is 1. The molecule has 0 atom stereocenters. The molecule has 138 valence electrons. The third kappa shape index (κ3) is 6.50. The topological polar surface area (TPSA) is 29.3 Å². The summed E-state index contributed by atoms with van der Waals surface area (Å²) in [6.45, 7) is 11.2. The van der Waals surface area contributed by atoms with Gasteiger partial charge in [0.25, 0.3) is 0 Å². The molecule has 1 heterocycles. The fraction of sp³-hybridized carbons (Fsp3) is 0.619. The maximum absolute atomic E-state index is 11.8. The summed E-state index contributed by atoms with van der Waals surface area (Å²) in [5.74, 6) is 0.282. The van der Waals surface area contributed by atoms with Crippen LogP contribution >= 0.6 is 11.8 Å². The second kappa shape index (κ2) is 9.42. The quantitative estimate of drug-likeness (QED) is 0.441. The standard InChI is InChI=1S/C21H32NO2S/c1-5-24-20(23)16-25-19(22-13-7-6-8-14-22)15-17-9-11-18(12-10-17)21(2,3)4/h9-12H,5-8,13-16H2,1-4H3/q+1. The van der Waals surface area contributed by atoms with Crippen LogP contribution in [0.1, 0.15) is 58.1 Å². The Morgan fingerprint density at radius 3 is 2.32 bits per heavy atom. The predicted octanol–water partition coefficient (Wildman–Crippen LogP) is 4.42. The van der Waals surface area contributed by atoms with Gasteiger partial charge in [0.05, 0.1) is 13.0 Å². The lowest BCUT2D eigenvalue weighted by atomic mass is 9.86. The summed E-state index contributed by atoms with van der Waals surface area (Å²) >= 11 is 1.65. The van der Waals surface area contributed by atoms with Gasteiger partial charge in [-0.05, 0) is 29.9 Å². The van der Waals surface area contributed by atoms with Crippen LogP contribution in [-0.4, -0.2) is 41.0 Å². The molecule has 0 unspecified atom stereocenters. The molecule has 3 nitrogen and oxygen atoms in total. The van der Waals surface area contributed by atoms with Gasteiger partial charge in [0.15, 0.2) is 0 Å². The number of esters is 1. The van der Waals surface area contributed by atoms with Crippen LogP contribution in [0.2, 0.25) is 0 Å². The van der Waals surface area contributed by atoms with Crippen molar-refractivity contribution in [3.63, 3.8) is 0 Å². The van der Waals surface area contributed by atoms with Crippen LogP contribution < -0.4 is 0 Å². The van der Waals surface area contributed by atoms with Crippen molar-refractivity contribution in [2.75, 3.05) is 25.4 Å². The van der Waals surface area contributed by atoms with Gasteiger partial charge in [0.2, 0.25) is 5.04 Å². The highest BCUT2D eigenvalue weighted by Crippen LogP contribution is 2.23. The lowest BCUT2D eigenvalue weighted by Crippen LogP contribution is -2.27. The average molecular weight is 363 g/mol. The highest BCUT2D eigenvalue weighted by atomic mass is 32.2. The molecule has 0 bridgehead atoms. The molecule has 1 saturated heterocycles. The summed E-state index contributed by atoms with van der Waals surface area (Å²) in [5, 5.41) is 1.30. The number of hydrogen-bond acceptors (Lipinski definition) is 3. The highest BCUT2D eigenvalue weighted by Gasteiger charge is 2.21. The third-order valence-electron chi connectivity index (χ3n) is 4.55. The average Bonchev–Trinajstić information content (AvgIpc) is 2.59. The van der Waals surface area contributed by atoms with E-state index < -0.39 is 0 Å². The fourth-order valence-corrected chi connectivity index (χ4v) is 4.04. The summed E-state index contributed by atoms with van der Waals surface area (Å²) in [6.07, 6.45) is 4.69. The Morgan fingerprint density at radius 1 is 1.12 bits per heavy atom. The summed E-state index contributed by atoms with van der Waals surface area (Å²) in [7, 11) is 0. The summed E-state index contributed by atoms with van der Waals surface area (Å²) in [6, 6.07) is 8.93. The van der Waals surface area contributed by atoms with Gasteiger partial charge >= 0.3 is 5.97 Å². The Kier molecular flexibility index (Phi) is 7.55. The van der Waals surface area contributed by atoms with Gasteiger partial charge in [-0.15, -0.1) is 0 Å². The third-order valence-corrected chi connectivity index (χ3v) is 5.66. The number of ether oxygens (including phenoxy) is 1. The van der Waals surface area contributed by atoms with Crippen molar-refractivity contribution >= 4 is 22.8 Å². The van der Waals surface area contributed by atoms with E-state index >= 15 is 0 Å². The van der Waals surface area contributed by atoms with Gasteiger partial charge in [-0.3, -0.25) is 4.79 Å². The van der Waals surface area contributed by atoms with Gasteiger partial charge in [0.1, 0.15) is 18.8 Å². The van der Waals surface area contributed by atoms with Crippen LogP contribution in [0.4, 0.5) is 0 Å². The second-order valence-electron chi connectivity index (χ2n) is 7.66. The minimum Gasteiger partial charge on any atom is -0.465 e. The van der Waals surface area contributed by atoms with Crippen molar-refractivity contribution in [1.82, 2.24) is 0 Å². The molecule has 25 heavy (non-hydrogen) atoms. The largest absolute Gasteiger partial charge is 0.465 e. The second-order valence-corrected chi connectivity index (χ2v) is 8.71. The first-order chi connectivity index (χ1) is 11.9. The first kappa shape index (κ1) is 20.0. The smallest absolute Gasteiger partial charge is 0.316 e. The predicted molar refractivity (Wildman–Crippen MR) is 107 cm³/mol. The van der Waals surface area contributed by atoms with E-state index in [2.05, 4.69) is 49.6 Å². The Bertz CT molecular complexity index is 591. The molecule has 0 N–H and O–H groups in total. The van der Waals surface area contributed by atoms with Crippen LogP contribution in [0.25, 0.3) is 0 Å². The SMILES string of the molecule is CCOC(=O)CSC(Cc1ccc(C(C)(C)C)cc1)=[N+]1CCCCC1.